The van der Waals surface area contributed by atoms with Crippen LogP contribution in [0.15, 0.2) is 18.3 Å². The highest BCUT2D eigenvalue weighted by Crippen LogP contribution is 2.20. The standard InChI is InChI=1S/C13H17F3N2O3/c1-8(6-19)9(2)18-11(20)10-4-3-5-17-12(10)21-7-13(14,15)16/h3-5,8-9,19H,6-7H2,1-2H3,(H,18,20). The number of nitrogens with zero attached hydrogens (tertiary/aromatic N) is 1. The van der Waals surface area contributed by atoms with Crippen LogP contribution in [0.1, 0.15) is 24.2 Å². The van der Waals surface area contributed by atoms with Gasteiger partial charge in [0.15, 0.2) is 6.61 Å². The SMILES string of the molecule is CC(CO)C(C)NC(=O)c1cccnc1OCC(F)(F)F. The molecule has 0 aliphatic carbocycles. The lowest BCUT2D eigenvalue weighted by atomic mass is 10.0. The van der Waals surface area contributed by atoms with Gasteiger partial charge in [0.2, 0.25) is 5.88 Å². The van der Waals surface area contributed by atoms with E-state index in [0.29, 0.717) is 0 Å². The van der Waals surface area contributed by atoms with Gasteiger partial charge in [0.1, 0.15) is 5.56 Å². The largest absolute Gasteiger partial charge is 0.467 e. The minimum Gasteiger partial charge on any atom is -0.467 e. The number of pyridine rings is 1. The third-order valence-electron chi connectivity index (χ3n) is 2.89. The van der Waals surface area contributed by atoms with Crippen LogP contribution in [0.4, 0.5) is 13.2 Å². The van der Waals surface area contributed by atoms with Crippen LogP contribution >= 0.6 is 0 Å². The molecule has 1 aromatic heterocycles. The second-order valence-electron chi connectivity index (χ2n) is 4.68. The molecule has 2 atom stereocenters. The van der Waals surface area contributed by atoms with Crippen molar-refractivity contribution >= 4 is 5.91 Å². The number of ether oxygens (including phenoxy) is 1. The average molecular weight is 306 g/mol. The summed E-state index contributed by atoms with van der Waals surface area (Å²) in [6.07, 6.45) is -3.27. The van der Waals surface area contributed by atoms with E-state index in [1.54, 1.807) is 13.8 Å². The van der Waals surface area contributed by atoms with E-state index in [4.69, 9.17) is 5.11 Å². The summed E-state index contributed by atoms with van der Waals surface area (Å²) < 4.78 is 41.0. The van der Waals surface area contributed by atoms with Gasteiger partial charge in [0.25, 0.3) is 5.91 Å². The maximum Gasteiger partial charge on any atom is 0.422 e. The number of hydrogen-bond acceptors (Lipinski definition) is 4. The van der Waals surface area contributed by atoms with Gasteiger partial charge in [-0.3, -0.25) is 4.79 Å². The molecule has 21 heavy (non-hydrogen) atoms. The lowest BCUT2D eigenvalue weighted by molar-refractivity contribution is -0.154. The van der Waals surface area contributed by atoms with Crippen molar-refractivity contribution in [3.05, 3.63) is 23.9 Å². The summed E-state index contributed by atoms with van der Waals surface area (Å²) >= 11 is 0. The van der Waals surface area contributed by atoms with Gasteiger partial charge in [-0.05, 0) is 25.0 Å². The number of hydrogen-bond donors (Lipinski definition) is 2. The van der Waals surface area contributed by atoms with Gasteiger partial charge < -0.3 is 15.2 Å². The normalized spacial score (nSPS) is 14.4. The predicted octanol–water partition coefficient (Wildman–Crippen LogP) is 1.77. The van der Waals surface area contributed by atoms with Gasteiger partial charge >= 0.3 is 6.18 Å². The first-order valence-corrected chi connectivity index (χ1v) is 6.31. The molecule has 0 bridgehead atoms. The van der Waals surface area contributed by atoms with Crippen LogP contribution in [0.3, 0.4) is 0 Å². The van der Waals surface area contributed by atoms with E-state index >= 15 is 0 Å². The number of carbonyl (C=O) groups is 1. The molecule has 1 amide bonds. The molecule has 118 valence electrons. The molecule has 2 N–H and O–H groups in total. The number of amides is 1. The number of aromatic nitrogens is 1. The molecule has 0 saturated carbocycles. The lowest BCUT2D eigenvalue weighted by Gasteiger charge is -2.20. The van der Waals surface area contributed by atoms with Crippen LogP contribution in [0.5, 0.6) is 5.88 Å². The van der Waals surface area contributed by atoms with Crippen molar-refractivity contribution < 1.29 is 27.8 Å². The first kappa shape index (κ1) is 17.2. The summed E-state index contributed by atoms with van der Waals surface area (Å²) in [5, 5.41) is 11.6. The van der Waals surface area contributed by atoms with Crippen LogP contribution in [0.2, 0.25) is 0 Å². The third kappa shape index (κ3) is 5.58. The van der Waals surface area contributed by atoms with Crippen molar-refractivity contribution in [2.24, 2.45) is 5.92 Å². The minimum atomic E-state index is -4.51. The van der Waals surface area contributed by atoms with Crippen LogP contribution in [0, 0.1) is 5.92 Å². The molecular weight excluding hydrogens is 289 g/mol. The van der Waals surface area contributed by atoms with Crippen molar-refractivity contribution in [2.45, 2.75) is 26.1 Å². The average Bonchev–Trinajstić information content (AvgIpc) is 2.43. The molecule has 1 rings (SSSR count). The predicted molar refractivity (Wildman–Crippen MR) is 69.0 cm³/mol. The van der Waals surface area contributed by atoms with Crippen molar-refractivity contribution in [3.8, 4) is 5.88 Å². The quantitative estimate of drug-likeness (QED) is 0.840. The van der Waals surface area contributed by atoms with E-state index in [2.05, 4.69) is 15.0 Å². The highest BCUT2D eigenvalue weighted by Gasteiger charge is 2.29. The number of aliphatic hydroxyl groups is 1. The second-order valence-corrected chi connectivity index (χ2v) is 4.68. The van der Waals surface area contributed by atoms with E-state index in [0.717, 1.165) is 0 Å². The van der Waals surface area contributed by atoms with Crippen LogP contribution in [0.25, 0.3) is 0 Å². The van der Waals surface area contributed by atoms with Gasteiger partial charge in [-0.2, -0.15) is 13.2 Å². The molecule has 0 aromatic carbocycles. The van der Waals surface area contributed by atoms with Crippen molar-refractivity contribution in [1.29, 1.82) is 0 Å². The third-order valence-corrected chi connectivity index (χ3v) is 2.89. The van der Waals surface area contributed by atoms with Crippen LogP contribution in [-0.2, 0) is 0 Å². The zero-order valence-corrected chi connectivity index (χ0v) is 11.6. The van der Waals surface area contributed by atoms with E-state index in [9.17, 15) is 18.0 Å². The van der Waals surface area contributed by atoms with Crippen molar-refractivity contribution in [2.75, 3.05) is 13.2 Å². The molecule has 0 fully saturated rings. The summed E-state index contributed by atoms with van der Waals surface area (Å²) in [4.78, 5) is 15.7. The molecule has 0 aliphatic rings. The molecule has 1 aromatic rings. The van der Waals surface area contributed by atoms with Crippen molar-refractivity contribution in [1.82, 2.24) is 10.3 Å². The summed E-state index contributed by atoms with van der Waals surface area (Å²) in [5.74, 6) is -1.17. The highest BCUT2D eigenvalue weighted by atomic mass is 19.4. The van der Waals surface area contributed by atoms with Crippen LogP contribution < -0.4 is 10.1 Å². The molecule has 0 saturated heterocycles. The maximum atomic E-state index is 12.2. The summed E-state index contributed by atoms with van der Waals surface area (Å²) in [5.41, 5.74) is -0.0845. The number of alkyl halides is 3. The highest BCUT2D eigenvalue weighted by molar-refractivity contribution is 5.96. The minimum absolute atomic E-state index is 0.0845. The molecule has 1 heterocycles. The Morgan fingerprint density at radius 2 is 2.14 bits per heavy atom. The van der Waals surface area contributed by atoms with Gasteiger partial charge in [0.05, 0.1) is 0 Å². The topological polar surface area (TPSA) is 71.5 Å². The maximum absolute atomic E-state index is 12.2. The lowest BCUT2D eigenvalue weighted by Crippen LogP contribution is -2.38. The number of aliphatic hydroxyl groups excluding tert-OH is 1. The molecule has 8 heteroatoms. The fourth-order valence-corrected chi connectivity index (χ4v) is 1.41. The number of nitrogens with one attached hydrogen (secondary N) is 1. The Balaban J connectivity index is 2.80. The van der Waals surface area contributed by atoms with Gasteiger partial charge in [-0.25, -0.2) is 4.98 Å². The van der Waals surface area contributed by atoms with E-state index < -0.39 is 18.7 Å². The molecular formula is C13H17F3N2O3. The number of rotatable bonds is 6. The first-order valence-electron chi connectivity index (χ1n) is 6.31. The van der Waals surface area contributed by atoms with Gasteiger partial charge in [0, 0.05) is 18.8 Å². The molecule has 0 spiro atoms. The Labute approximate surface area is 120 Å². The Morgan fingerprint density at radius 3 is 2.71 bits per heavy atom. The summed E-state index contributed by atoms with van der Waals surface area (Å²) in [6.45, 7) is 1.78. The Bertz CT molecular complexity index is 480. The Hall–Kier alpha value is -1.83. The van der Waals surface area contributed by atoms with Gasteiger partial charge in [-0.1, -0.05) is 6.92 Å². The number of halogens is 3. The summed E-state index contributed by atoms with van der Waals surface area (Å²) in [7, 11) is 0. The van der Waals surface area contributed by atoms with Crippen molar-refractivity contribution in [3.63, 3.8) is 0 Å². The smallest absolute Gasteiger partial charge is 0.422 e. The van der Waals surface area contributed by atoms with E-state index in [1.807, 2.05) is 0 Å². The van der Waals surface area contributed by atoms with E-state index in [-0.39, 0.29) is 30.0 Å². The number of carbonyl (C=O) groups excluding carboxylic acids is 1. The van der Waals surface area contributed by atoms with Crippen LogP contribution in [-0.4, -0.2) is 41.4 Å². The monoisotopic (exact) mass is 306 g/mol. The Kier molecular flexibility index (Phi) is 5.95. The fourth-order valence-electron chi connectivity index (χ4n) is 1.41. The zero-order chi connectivity index (χ0) is 16.0. The Morgan fingerprint density at radius 1 is 1.48 bits per heavy atom. The molecule has 5 nitrogen and oxygen atoms in total. The second kappa shape index (κ2) is 7.26. The molecule has 0 radical (unpaired) electrons. The first-order chi connectivity index (χ1) is 9.74. The zero-order valence-electron chi connectivity index (χ0n) is 11.6. The van der Waals surface area contributed by atoms with Gasteiger partial charge in [-0.15, -0.1) is 0 Å². The molecule has 0 aliphatic heterocycles. The summed E-state index contributed by atoms with van der Waals surface area (Å²) in [6, 6.07) is 2.40. The van der Waals surface area contributed by atoms with E-state index in [1.165, 1.54) is 18.3 Å². The molecule has 2 unspecified atom stereocenters. The fraction of sp³-hybridized carbons (Fsp3) is 0.538.